The van der Waals surface area contributed by atoms with Crippen molar-refractivity contribution in [3.8, 4) is 0 Å². The maximum absolute atomic E-state index is 14.7. The van der Waals surface area contributed by atoms with Gasteiger partial charge in [0.2, 0.25) is 35.4 Å². The van der Waals surface area contributed by atoms with E-state index in [0.717, 1.165) is 5.56 Å². The van der Waals surface area contributed by atoms with Crippen molar-refractivity contribution in [2.24, 2.45) is 34.2 Å². The smallest absolute Gasteiger partial charge is 0.244 e. The highest BCUT2D eigenvalue weighted by atomic mass is 33.1. The Morgan fingerprint density at radius 3 is 1.82 bits per heavy atom. The van der Waals surface area contributed by atoms with E-state index in [1.54, 1.807) is 26.1 Å². The van der Waals surface area contributed by atoms with Gasteiger partial charge >= 0.3 is 0 Å². The number of amides is 6. The van der Waals surface area contributed by atoms with Gasteiger partial charge in [-0.1, -0.05) is 102 Å². The second-order valence-electron chi connectivity index (χ2n) is 16.6. The molecule has 8 atom stereocenters. The van der Waals surface area contributed by atoms with Crippen molar-refractivity contribution in [3.05, 3.63) is 60.3 Å². The van der Waals surface area contributed by atoms with Crippen LogP contribution in [-0.4, -0.2) is 93.9 Å². The van der Waals surface area contributed by atoms with Crippen LogP contribution < -0.4 is 43.4 Å². The second kappa shape index (κ2) is 24.6. The molecule has 0 saturated carbocycles. The van der Waals surface area contributed by atoms with E-state index in [0.29, 0.717) is 17.9 Å². The summed E-state index contributed by atoms with van der Waals surface area (Å²) in [4.78, 5) is 94.8. The van der Waals surface area contributed by atoms with Gasteiger partial charge < -0.3 is 43.4 Å². The second-order valence-corrected chi connectivity index (χ2v) is 19.4. The lowest BCUT2D eigenvalue weighted by Gasteiger charge is -2.35. The molecule has 0 aliphatic carbocycles. The Hall–Kier alpha value is -4.84. The summed E-state index contributed by atoms with van der Waals surface area (Å²) >= 11 is 0. The molecule has 0 unspecified atom stereocenters. The van der Waals surface area contributed by atoms with Gasteiger partial charge in [-0.3, -0.25) is 33.8 Å². The number of aliphatic imine (C=N–C) groups is 1. The first-order valence-corrected chi connectivity index (χ1v) is 23.2. The van der Waals surface area contributed by atoms with Gasteiger partial charge in [0.25, 0.3) is 0 Å². The number of hydrogen-bond acceptors (Lipinski definition) is 10. The van der Waals surface area contributed by atoms with Crippen molar-refractivity contribution >= 4 is 63.0 Å². The van der Waals surface area contributed by atoms with Gasteiger partial charge in [-0.2, -0.15) is 0 Å². The Bertz CT molecular complexity index is 1800. The van der Waals surface area contributed by atoms with Crippen LogP contribution in [0.3, 0.4) is 0 Å². The normalized spacial score (nSPS) is 23.5. The van der Waals surface area contributed by atoms with Crippen molar-refractivity contribution < 1.29 is 28.8 Å². The van der Waals surface area contributed by atoms with Gasteiger partial charge in [-0.15, -0.1) is 0 Å². The van der Waals surface area contributed by atoms with Gasteiger partial charge in [0.15, 0.2) is 5.96 Å². The van der Waals surface area contributed by atoms with Crippen LogP contribution >= 0.6 is 21.6 Å². The predicted molar refractivity (Wildman–Crippen MR) is 242 cm³/mol. The molecule has 61 heavy (non-hydrogen) atoms. The predicted octanol–water partition coefficient (Wildman–Crippen LogP) is 2.96. The maximum atomic E-state index is 14.7. The average molecular weight is 883 g/mol. The van der Waals surface area contributed by atoms with Crippen LogP contribution in [0.5, 0.6) is 0 Å². The van der Waals surface area contributed by atoms with Crippen molar-refractivity contribution in [3.63, 3.8) is 0 Å². The molecule has 1 saturated heterocycles. The molecule has 1 aromatic carbocycles. The maximum Gasteiger partial charge on any atom is 0.244 e. The minimum atomic E-state index is -1.28. The fraction of sp³-hybridized carbons (Fsp3) is 0.581. The SMILES string of the molecule is CC[C@H](C)[C@@H]1NC(=O)[C@H](CC(C)C)NC(=O)[C@H](CCCN=C(N)N)NC(=O)[C@H](C(C)(C)SSc2ccccn2)NC(=O)[C@H](Cc2ccccc2)NC(=O)[C@H]([C@@H](C)CC)NC1=O. The van der Waals surface area contributed by atoms with E-state index in [1.807, 2.05) is 84.0 Å². The van der Waals surface area contributed by atoms with Gasteiger partial charge in [-0.05, 0) is 79.4 Å². The van der Waals surface area contributed by atoms with Gasteiger partial charge in [-0.25, -0.2) is 4.98 Å². The Morgan fingerprint density at radius 2 is 1.25 bits per heavy atom. The van der Waals surface area contributed by atoms with Crippen LogP contribution in [0.1, 0.15) is 93.1 Å². The van der Waals surface area contributed by atoms with E-state index in [-0.39, 0.29) is 55.9 Å². The molecule has 1 aromatic heterocycles. The fourth-order valence-electron chi connectivity index (χ4n) is 6.62. The summed E-state index contributed by atoms with van der Waals surface area (Å²) in [6.07, 6.45) is 3.29. The Labute approximate surface area is 368 Å². The third-order valence-electron chi connectivity index (χ3n) is 10.6. The molecule has 1 aliphatic rings. The number of rotatable bonds is 16. The number of nitrogens with two attached hydrogens (primary N) is 2. The van der Waals surface area contributed by atoms with Crippen molar-refractivity contribution in [1.82, 2.24) is 36.9 Å². The molecule has 0 radical (unpaired) electrons. The lowest BCUT2D eigenvalue weighted by atomic mass is 9.93. The Morgan fingerprint density at radius 1 is 0.705 bits per heavy atom. The number of nitrogens with zero attached hydrogens (tertiary/aromatic N) is 2. The van der Waals surface area contributed by atoms with Gasteiger partial charge in [0.1, 0.15) is 41.3 Å². The van der Waals surface area contributed by atoms with E-state index in [9.17, 15) is 28.8 Å². The Kier molecular flexibility index (Phi) is 20.3. The first-order valence-electron chi connectivity index (χ1n) is 21.0. The van der Waals surface area contributed by atoms with E-state index >= 15 is 0 Å². The van der Waals surface area contributed by atoms with Crippen LogP contribution in [0.4, 0.5) is 0 Å². The standard InChI is InChI=1S/C43H66N10O6S2/c1-9-26(5)33-39(57)50-31(24-28-17-12-11-13-18-28)38(56)53-35(43(7,8)61-60-32-20-14-15-21-46-32)41(59)48-29(19-16-22-47-42(44)45)36(54)49-30(23-25(3)4)37(55)51-34(27(6)10-2)40(58)52-33/h11-15,17-18,20-21,25-27,29-31,33-35H,9-10,16,19,22-24H2,1-8H3,(H,48,59)(H,49,54)(H,50,57)(H,51,55)(H,52,58)(H,53,56)(H4,44,45,47)/t26-,27-,29-,30-,31-,33-,34-,35+/m0/s1. The summed E-state index contributed by atoms with van der Waals surface area (Å²) in [5.74, 6) is -4.66. The van der Waals surface area contributed by atoms with E-state index < -0.39 is 76.4 Å². The van der Waals surface area contributed by atoms with Gasteiger partial charge in [0, 0.05) is 19.2 Å². The van der Waals surface area contributed by atoms with Crippen molar-refractivity contribution in [1.29, 1.82) is 0 Å². The molecule has 3 rings (SSSR count). The highest BCUT2D eigenvalue weighted by Crippen LogP contribution is 2.42. The molecule has 2 aromatic rings. The summed E-state index contributed by atoms with van der Waals surface area (Å²) in [5, 5.41) is 18.0. The quantitative estimate of drug-likeness (QED) is 0.0527. The van der Waals surface area contributed by atoms with Crippen LogP contribution in [0.15, 0.2) is 64.7 Å². The van der Waals surface area contributed by atoms with E-state index in [4.69, 9.17) is 11.5 Å². The van der Waals surface area contributed by atoms with Crippen LogP contribution in [0.25, 0.3) is 0 Å². The van der Waals surface area contributed by atoms with Crippen LogP contribution in [0.2, 0.25) is 0 Å². The topological polar surface area (TPSA) is 252 Å². The molecular weight excluding hydrogens is 817 g/mol. The molecule has 0 spiro atoms. The first kappa shape index (κ1) is 50.5. The number of guanidine groups is 1. The number of aromatic nitrogens is 1. The molecule has 336 valence electrons. The number of carbonyl (C=O) groups excluding carboxylic acids is 6. The number of pyridine rings is 1. The molecular formula is C43H66N10O6S2. The lowest BCUT2D eigenvalue weighted by Crippen LogP contribution is -2.65. The number of benzene rings is 1. The van der Waals surface area contributed by atoms with Crippen molar-refractivity contribution in [2.45, 2.75) is 140 Å². The molecule has 18 heteroatoms. The molecule has 2 heterocycles. The van der Waals surface area contributed by atoms with Gasteiger partial charge in [0.05, 0.1) is 4.75 Å². The molecule has 1 fully saturated rings. The third-order valence-corrected chi connectivity index (χ3v) is 13.9. The Balaban J connectivity index is 2.21. The van der Waals surface area contributed by atoms with E-state index in [2.05, 4.69) is 41.9 Å². The summed E-state index contributed by atoms with van der Waals surface area (Å²) < 4.78 is -1.05. The zero-order valence-electron chi connectivity index (χ0n) is 36.7. The fourth-order valence-corrected chi connectivity index (χ4v) is 8.90. The zero-order valence-corrected chi connectivity index (χ0v) is 38.3. The molecule has 10 N–H and O–H groups in total. The number of hydrogen-bond donors (Lipinski definition) is 8. The molecule has 0 bridgehead atoms. The van der Waals surface area contributed by atoms with E-state index in [1.165, 1.54) is 21.6 Å². The summed E-state index contributed by atoms with van der Waals surface area (Å²) in [6, 6.07) is 7.64. The monoisotopic (exact) mass is 882 g/mol. The largest absolute Gasteiger partial charge is 0.370 e. The minimum Gasteiger partial charge on any atom is -0.370 e. The minimum absolute atomic E-state index is 0.0583. The molecule has 16 nitrogen and oxygen atoms in total. The number of nitrogens with one attached hydrogen (secondary N) is 6. The first-order chi connectivity index (χ1) is 28.9. The average Bonchev–Trinajstić information content (AvgIpc) is 3.22. The molecule has 6 amide bonds. The summed E-state index contributed by atoms with van der Waals surface area (Å²) in [5.41, 5.74) is 11.9. The summed E-state index contributed by atoms with van der Waals surface area (Å²) in [6.45, 7) is 14.9. The van der Waals surface area contributed by atoms with Crippen LogP contribution in [-0.2, 0) is 35.2 Å². The third kappa shape index (κ3) is 16.2. The number of carbonyl (C=O) groups is 6. The lowest BCUT2D eigenvalue weighted by molar-refractivity contribution is -0.138. The highest BCUT2D eigenvalue weighted by molar-refractivity contribution is 8.77. The summed E-state index contributed by atoms with van der Waals surface area (Å²) in [7, 11) is 2.61. The van der Waals surface area contributed by atoms with Crippen LogP contribution in [0, 0.1) is 17.8 Å². The zero-order chi connectivity index (χ0) is 45.3. The highest BCUT2D eigenvalue weighted by Gasteiger charge is 2.42. The van der Waals surface area contributed by atoms with Crippen molar-refractivity contribution in [2.75, 3.05) is 6.54 Å². The molecule has 1 aliphatic heterocycles.